The molecule has 0 bridgehead atoms. The lowest BCUT2D eigenvalue weighted by atomic mass is 10.2. The fraction of sp³-hybridized carbons (Fsp3) is 0.300. The minimum absolute atomic E-state index is 0.102. The highest BCUT2D eigenvalue weighted by molar-refractivity contribution is 9.09. The molecule has 0 amide bonds. The van der Waals surface area contributed by atoms with Gasteiger partial charge in [-0.05, 0) is 12.5 Å². The number of non-ortho nitro benzene ring substituents is 1. The van der Waals surface area contributed by atoms with Crippen molar-refractivity contribution in [3.05, 3.63) is 38.7 Å². The van der Waals surface area contributed by atoms with Crippen molar-refractivity contribution in [3.63, 3.8) is 0 Å². The summed E-state index contributed by atoms with van der Waals surface area (Å²) in [6.45, 7) is 0.462. The SMILES string of the molecule is O=c1c2ccc([N+](=O)[O-])cc2nnn1CCCBr. The molecule has 0 aliphatic heterocycles. The van der Waals surface area contributed by atoms with Gasteiger partial charge in [-0.2, -0.15) is 0 Å². The minimum Gasteiger partial charge on any atom is -0.267 e. The maximum atomic E-state index is 12.0. The molecule has 1 heterocycles. The highest BCUT2D eigenvalue weighted by Gasteiger charge is 2.10. The molecule has 18 heavy (non-hydrogen) atoms. The van der Waals surface area contributed by atoms with Gasteiger partial charge in [-0.25, -0.2) is 4.68 Å². The maximum absolute atomic E-state index is 12.0. The lowest BCUT2D eigenvalue weighted by Crippen LogP contribution is -2.24. The van der Waals surface area contributed by atoms with E-state index in [-0.39, 0.29) is 16.8 Å². The molecule has 0 aliphatic rings. The highest BCUT2D eigenvalue weighted by Crippen LogP contribution is 2.15. The Kier molecular flexibility index (Phi) is 3.66. The largest absolute Gasteiger partial charge is 0.277 e. The number of nitro groups is 1. The van der Waals surface area contributed by atoms with E-state index in [9.17, 15) is 14.9 Å². The zero-order chi connectivity index (χ0) is 13.1. The average molecular weight is 313 g/mol. The van der Waals surface area contributed by atoms with Crippen molar-refractivity contribution in [1.29, 1.82) is 0 Å². The summed E-state index contributed by atoms with van der Waals surface area (Å²) in [4.78, 5) is 22.1. The Balaban J connectivity index is 2.52. The van der Waals surface area contributed by atoms with Crippen LogP contribution in [0.15, 0.2) is 23.0 Å². The summed E-state index contributed by atoms with van der Waals surface area (Å²) in [5.41, 5.74) is -0.144. The number of aryl methyl sites for hydroxylation is 1. The van der Waals surface area contributed by atoms with Crippen molar-refractivity contribution in [3.8, 4) is 0 Å². The molecule has 7 nitrogen and oxygen atoms in total. The molecule has 0 spiro atoms. The van der Waals surface area contributed by atoms with Gasteiger partial charge in [0.2, 0.25) is 0 Å². The topological polar surface area (TPSA) is 90.9 Å². The first kappa shape index (κ1) is 12.6. The van der Waals surface area contributed by atoms with Crippen LogP contribution < -0.4 is 5.56 Å². The molecule has 0 aliphatic carbocycles. The predicted octanol–water partition coefficient (Wildman–Crippen LogP) is 1.48. The van der Waals surface area contributed by atoms with Crippen molar-refractivity contribution in [1.82, 2.24) is 15.0 Å². The average Bonchev–Trinajstić information content (AvgIpc) is 2.37. The maximum Gasteiger partial charge on any atom is 0.277 e. The van der Waals surface area contributed by atoms with Crippen molar-refractivity contribution in [2.24, 2.45) is 0 Å². The Morgan fingerprint density at radius 1 is 1.44 bits per heavy atom. The van der Waals surface area contributed by atoms with E-state index < -0.39 is 4.92 Å². The highest BCUT2D eigenvalue weighted by atomic mass is 79.9. The van der Waals surface area contributed by atoms with Crippen LogP contribution in [0.1, 0.15) is 6.42 Å². The van der Waals surface area contributed by atoms with Crippen molar-refractivity contribution < 1.29 is 4.92 Å². The van der Waals surface area contributed by atoms with Gasteiger partial charge in [0.1, 0.15) is 5.52 Å². The van der Waals surface area contributed by atoms with Gasteiger partial charge in [-0.1, -0.05) is 21.1 Å². The molecule has 0 radical (unpaired) electrons. The summed E-state index contributed by atoms with van der Waals surface area (Å²) in [6, 6.07) is 3.95. The molecule has 2 rings (SSSR count). The first-order chi connectivity index (χ1) is 8.63. The van der Waals surface area contributed by atoms with Crippen LogP contribution in [0.4, 0.5) is 5.69 Å². The molecule has 0 fully saturated rings. The Morgan fingerprint density at radius 3 is 2.89 bits per heavy atom. The summed E-state index contributed by atoms with van der Waals surface area (Å²) in [6.07, 6.45) is 0.757. The molecule has 8 heteroatoms. The van der Waals surface area contributed by atoms with E-state index in [2.05, 4.69) is 26.2 Å². The van der Waals surface area contributed by atoms with E-state index in [1.165, 1.54) is 22.9 Å². The van der Waals surface area contributed by atoms with E-state index in [0.717, 1.165) is 11.8 Å². The second-order valence-corrected chi connectivity index (χ2v) is 4.41. The van der Waals surface area contributed by atoms with E-state index >= 15 is 0 Å². The molecule has 0 saturated carbocycles. The molecule has 1 aromatic carbocycles. The summed E-state index contributed by atoms with van der Waals surface area (Å²) < 4.78 is 1.26. The first-order valence-electron chi connectivity index (χ1n) is 5.21. The number of nitrogens with zero attached hydrogens (tertiary/aromatic N) is 4. The van der Waals surface area contributed by atoms with Crippen LogP contribution in [-0.2, 0) is 6.54 Å². The molecule has 1 aromatic heterocycles. The van der Waals surface area contributed by atoms with Gasteiger partial charge in [-0.3, -0.25) is 14.9 Å². The van der Waals surface area contributed by atoms with Gasteiger partial charge in [0.25, 0.3) is 11.2 Å². The number of fused-ring (bicyclic) bond motifs is 1. The summed E-state index contributed by atoms with van der Waals surface area (Å²) in [5.74, 6) is 0. The van der Waals surface area contributed by atoms with E-state index in [1.54, 1.807) is 0 Å². The number of hydrogen-bond donors (Lipinski definition) is 0. The number of nitro benzene ring substituents is 1. The second kappa shape index (κ2) is 5.21. The molecule has 0 atom stereocenters. The van der Waals surface area contributed by atoms with Gasteiger partial charge in [-0.15, -0.1) is 5.10 Å². The van der Waals surface area contributed by atoms with Gasteiger partial charge in [0.15, 0.2) is 0 Å². The molecule has 0 N–H and O–H groups in total. The van der Waals surface area contributed by atoms with Crippen LogP contribution in [0.25, 0.3) is 10.9 Å². The summed E-state index contributed by atoms with van der Waals surface area (Å²) >= 11 is 3.27. The number of aromatic nitrogens is 3. The van der Waals surface area contributed by atoms with Gasteiger partial charge in [0.05, 0.1) is 10.3 Å². The third kappa shape index (κ3) is 2.37. The van der Waals surface area contributed by atoms with Crippen LogP contribution in [0.5, 0.6) is 0 Å². The molecule has 0 unspecified atom stereocenters. The van der Waals surface area contributed by atoms with Gasteiger partial charge < -0.3 is 0 Å². The monoisotopic (exact) mass is 312 g/mol. The first-order valence-corrected chi connectivity index (χ1v) is 6.33. The van der Waals surface area contributed by atoms with Crippen LogP contribution in [0, 0.1) is 10.1 Å². The zero-order valence-corrected chi connectivity index (χ0v) is 10.8. The lowest BCUT2D eigenvalue weighted by Gasteiger charge is -2.03. The predicted molar refractivity (Wildman–Crippen MR) is 68.9 cm³/mol. The fourth-order valence-corrected chi connectivity index (χ4v) is 1.79. The molecular weight excluding hydrogens is 304 g/mol. The third-order valence-corrected chi connectivity index (χ3v) is 2.98. The normalized spacial score (nSPS) is 10.7. The molecule has 0 saturated heterocycles. The Hall–Kier alpha value is -1.83. The summed E-state index contributed by atoms with van der Waals surface area (Å²) in [5, 5.41) is 19.3. The van der Waals surface area contributed by atoms with E-state index in [0.29, 0.717) is 11.9 Å². The minimum atomic E-state index is -0.530. The zero-order valence-electron chi connectivity index (χ0n) is 9.24. The fourth-order valence-electron chi connectivity index (χ4n) is 1.53. The number of halogens is 1. The Bertz CT molecular complexity index is 655. The van der Waals surface area contributed by atoms with Crippen molar-refractivity contribution >= 4 is 32.5 Å². The Labute approximate surface area is 110 Å². The quantitative estimate of drug-likeness (QED) is 0.484. The van der Waals surface area contributed by atoms with Crippen LogP contribution >= 0.6 is 15.9 Å². The van der Waals surface area contributed by atoms with Crippen LogP contribution in [-0.4, -0.2) is 25.2 Å². The number of rotatable bonds is 4. The molecule has 2 aromatic rings. The van der Waals surface area contributed by atoms with Gasteiger partial charge in [0, 0.05) is 24.0 Å². The third-order valence-electron chi connectivity index (χ3n) is 2.42. The van der Waals surface area contributed by atoms with Crippen LogP contribution in [0.2, 0.25) is 0 Å². The molecule has 94 valence electrons. The molecular formula is C10H9BrN4O3. The summed E-state index contributed by atoms with van der Waals surface area (Å²) in [7, 11) is 0. The number of benzene rings is 1. The number of alkyl halides is 1. The van der Waals surface area contributed by atoms with Crippen molar-refractivity contribution in [2.75, 3.05) is 5.33 Å². The van der Waals surface area contributed by atoms with Crippen molar-refractivity contribution in [2.45, 2.75) is 13.0 Å². The second-order valence-electron chi connectivity index (χ2n) is 3.62. The van der Waals surface area contributed by atoms with Gasteiger partial charge >= 0.3 is 0 Å². The van der Waals surface area contributed by atoms with E-state index in [4.69, 9.17) is 0 Å². The van der Waals surface area contributed by atoms with E-state index in [1.807, 2.05) is 0 Å². The van der Waals surface area contributed by atoms with Crippen LogP contribution in [0.3, 0.4) is 0 Å². The number of hydrogen-bond acceptors (Lipinski definition) is 5. The smallest absolute Gasteiger partial charge is 0.267 e. The standard InChI is InChI=1S/C10H9BrN4O3/c11-4-1-5-14-10(16)8-3-2-7(15(17)18)6-9(8)12-13-14/h2-3,6H,1,4-5H2. The Morgan fingerprint density at radius 2 is 2.22 bits per heavy atom. The lowest BCUT2D eigenvalue weighted by molar-refractivity contribution is -0.384.